The van der Waals surface area contributed by atoms with Crippen LogP contribution in [-0.2, 0) is 0 Å². The van der Waals surface area contributed by atoms with Gasteiger partial charge in [0, 0.05) is 24.1 Å². The molecule has 6 heteroatoms. The van der Waals surface area contributed by atoms with E-state index in [-0.39, 0.29) is 10.9 Å². The molecule has 1 aromatic carbocycles. The molecule has 0 radical (unpaired) electrons. The Bertz CT molecular complexity index is 688. The smallest absolute Gasteiger partial charge is 0.257 e. The average Bonchev–Trinajstić information content (AvgIpc) is 3.27. The molecule has 2 aromatic rings. The molecule has 4 nitrogen and oxygen atoms in total. The van der Waals surface area contributed by atoms with E-state index in [4.69, 9.17) is 11.6 Å². The second-order valence-corrected chi connectivity index (χ2v) is 5.37. The molecule has 2 N–H and O–H groups in total. The van der Waals surface area contributed by atoms with E-state index < -0.39 is 5.82 Å². The number of rotatable bonds is 4. The Hall–Kier alpha value is -2.14. The topological polar surface area (TPSA) is 54.0 Å². The summed E-state index contributed by atoms with van der Waals surface area (Å²) in [5.41, 5.74) is 1.69. The lowest BCUT2D eigenvalue weighted by atomic mass is 10.2. The Morgan fingerprint density at radius 3 is 2.76 bits per heavy atom. The number of pyridine rings is 1. The number of halogens is 2. The predicted molar refractivity (Wildman–Crippen MR) is 80.2 cm³/mol. The lowest BCUT2D eigenvalue weighted by Crippen LogP contribution is -2.13. The minimum atomic E-state index is -0.521. The van der Waals surface area contributed by atoms with Crippen molar-refractivity contribution in [1.82, 2.24) is 4.98 Å². The average molecular weight is 306 g/mol. The number of aromatic nitrogens is 1. The fraction of sp³-hybridized carbons (Fsp3) is 0.200. The van der Waals surface area contributed by atoms with Crippen LogP contribution in [0.4, 0.5) is 15.8 Å². The summed E-state index contributed by atoms with van der Waals surface area (Å²) >= 11 is 5.68. The van der Waals surface area contributed by atoms with Crippen LogP contribution in [0, 0.1) is 5.82 Å². The summed E-state index contributed by atoms with van der Waals surface area (Å²) in [6.07, 6.45) is 5.46. The highest BCUT2D eigenvalue weighted by molar-refractivity contribution is 6.31. The lowest BCUT2D eigenvalue weighted by molar-refractivity contribution is 0.102. The Balaban J connectivity index is 1.73. The second-order valence-electron chi connectivity index (χ2n) is 4.96. The number of benzene rings is 1. The van der Waals surface area contributed by atoms with Crippen LogP contribution in [-0.4, -0.2) is 16.9 Å². The van der Waals surface area contributed by atoms with Gasteiger partial charge in [-0.3, -0.25) is 9.78 Å². The van der Waals surface area contributed by atoms with Crippen LogP contribution in [0.5, 0.6) is 0 Å². The number of nitrogens with one attached hydrogen (secondary N) is 2. The van der Waals surface area contributed by atoms with Crippen molar-refractivity contribution in [2.45, 2.75) is 18.9 Å². The predicted octanol–water partition coefficient (Wildman–Crippen LogP) is 3.70. The van der Waals surface area contributed by atoms with Crippen molar-refractivity contribution in [3.8, 4) is 0 Å². The van der Waals surface area contributed by atoms with Gasteiger partial charge in [-0.15, -0.1) is 0 Å². The molecule has 0 aliphatic heterocycles. The van der Waals surface area contributed by atoms with Crippen molar-refractivity contribution in [2.24, 2.45) is 0 Å². The first-order valence-corrected chi connectivity index (χ1v) is 6.97. The van der Waals surface area contributed by atoms with E-state index in [1.54, 1.807) is 12.3 Å². The zero-order valence-corrected chi connectivity index (χ0v) is 11.8. The Kier molecular flexibility index (Phi) is 3.75. The number of nitrogens with zero attached hydrogens (tertiary/aromatic N) is 1. The molecular formula is C15H13ClFN3O. The van der Waals surface area contributed by atoms with Gasteiger partial charge in [0.2, 0.25) is 0 Å². The maximum Gasteiger partial charge on any atom is 0.257 e. The van der Waals surface area contributed by atoms with Gasteiger partial charge in [-0.2, -0.15) is 0 Å². The number of hydrogen-bond donors (Lipinski definition) is 2. The molecule has 0 unspecified atom stereocenters. The third-order valence-corrected chi connectivity index (χ3v) is 3.42. The summed E-state index contributed by atoms with van der Waals surface area (Å²) in [7, 11) is 0. The minimum absolute atomic E-state index is 0.0323. The molecule has 0 saturated heterocycles. The largest absolute Gasteiger partial charge is 0.381 e. The third-order valence-electron chi connectivity index (χ3n) is 3.13. The van der Waals surface area contributed by atoms with Crippen molar-refractivity contribution < 1.29 is 9.18 Å². The minimum Gasteiger partial charge on any atom is -0.381 e. The van der Waals surface area contributed by atoms with Gasteiger partial charge in [0.1, 0.15) is 5.82 Å². The maximum atomic E-state index is 13.1. The first kappa shape index (κ1) is 13.8. The number of anilines is 2. The zero-order valence-electron chi connectivity index (χ0n) is 11.1. The highest BCUT2D eigenvalue weighted by Gasteiger charge is 2.21. The van der Waals surface area contributed by atoms with Crippen molar-refractivity contribution in [1.29, 1.82) is 0 Å². The van der Waals surface area contributed by atoms with Crippen LogP contribution in [0.2, 0.25) is 5.02 Å². The van der Waals surface area contributed by atoms with Gasteiger partial charge in [0.05, 0.1) is 16.3 Å². The van der Waals surface area contributed by atoms with Crippen LogP contribution in [0.3, 0.4) is 0 Å². The van der Waals surface area contributed by atoms with Gasteiger partial charge >= 0.3 is 0 Å². The van der Waals surface area contributed by atoms with Crippen LogP contribution in [0.25, 0.3) is 0 Å². The van der Waals surface area contributed by atoms with E-state index in [0.29, 0.717) is 17.3 Å². The zero-order chi connectivity index (χ0) is 14.8. The molecule has 1 aliphatic carbocycles. The molecule has 1 saturated carbocycles. The normalized spacial score (nSPS) is 13.8. The third kappa shape index (κ3) is 3.49. The SMILES string of the molecule is O=C(Nc1ccc(F)c(Cl)c1)c1cncc(NC2CC2)c1. The van der Waals surface area contributed by atoms with E-state index >= 15 is 0 Å². The van der Waals surface area contributed by atoms with Gasteiger partial charge in [0.15, 0.2) is 0 Å². The van der Waals surface area contributed by atoms with Crippen molar-refractivity contribution in [2.75, 3.05) is 10.6 Å². The molecule has 1 aliphatic rings. The van der Waals surface area contributed by atoms with Gasteiger partial charge in [-0.1, -0.05) is 11.6 Å². The Morgan fingerprint density at radius 1 is 1.24 bits per heavy atom. The first-order valence-electron chi connectivity index (χ1n) is 6.60. The quantitative estimate of drug-likeness (QED) is 0.905. The monoisotopic (exact) mass is 305 g/mol. The van der Waals surface area contributed by atoms with E-state index in [0.717, 1.165) is 18.5 Å². The Morgan fingerprint density at radius 2 is 2.05 bits per heavy atom. The molecular weight excluding hydrogens is 293 g/mol. The van der Waals surface area contributed by atoms with E-state index in [1.165, 1.54) is 24.4 Å². The maximum absolute atomic E-state index is 13.1. The summed E-state index contributed by atoms with van der Waals surface area (Å²) in [6, 6.07) is 6.27. The van der Waals surface area contributed by atoms with E-state index in [1.807, 2.05) is 0 Å². The highest BCUT2D eigenvalue weighted by atomic mass is 35.5. The number of carbonyl (C=O) groups excluding carboxylic acids is 1. The van der Waals surface area contributed by atoms with Crippen molar-refractivity contribution >= 4 is 28.9 Å². The van der Waals surface area contributed by atoms with Crippen LogP contribution >= 0.6 is 11.6 Å². The molecule has 1 heterocycles. The van der Waals surface area contributed by atoms with Crippen LogP contribution in [0.1, 0.15) is 23.2 Å². The van der Waals surface area contributed by atoms with Gasteiger partial charge in [-0.05, 0) is 37.1 Å². The summed E-state index contributed by atoms with van der Waals surface area (Å²) in [6.45, 7) is 0. The first-order chi connectivity index (χ1) is 10.1. The second kappa shape index (κ2) is 5.69. The number of carbonyl (C=O) groups is 1. The molecule has 1 aromatic heterocycles. The molecule has 3 rings (SSSR count). The summed E-state index contributed by atoms with van der Waals surface area (Å²) in [4.78, 5) is 16.2. The van der Waals surface area contributed by atoms with Crippen LogP contribution in [0.15, 0.2) is 36.7 Å². The van der Waals surface area contributed by atoms with Crippen molar-refractivity contribution in [3.05, 3.63) is 53.1 Å². The van der Waals surface area contributed by atoms with E-state index in [2.05, 4.69) is 15.6 Å². The highest BCUT2D eigenvalue weighted by Crippen LogP contribution is 2.25. The van der Waals surface area contributed by atoms with Crippen molar-refractivity contribution in [3.63, 3.8) is 0 Å². The standard InChI is InChI=1S/C15H13ClFN3O/c16-13-6-11(3-4-14(13)17)20-15(21)9-5-12(8-18-7-9)19-10-1-2-10/h3-8,10,19H,1-2H2,(H,20,21). The molecule has 1 fully saturated rings. The van der Waals surface area contributed by atoms with Gasteiger partial charge < -0.3 is 10.6 Å². The molecule has 21 heavy (non-hydrogen) atoms. The lowest BCUT2D eigenvalue weighted by Gasteiger charge is -2.08. The number of amides is 1. The van der Waals surface area contributed by atoms with Crippen LogP contribution < -0.4 is 10.6 Å². The molecule has 108 valence electrons. The fourth-order valence-electron chi connectivity index (χ4n) is 1.88. The summed E-state index contributed by atoms with van der Waals surface area (Å²) in [5, 5.41) is 5.91. The van der Waals surface area contributed by atoms with E-state index in [9.17, 15) is 9.18 Å². The molecule has 0 spiro atoms. The Labute approximate surface area is 126 Å². The molecule has 0 bridgehead atoms. The number of hydrogen-bond acceptors (Lipinski definition) is 3. The summed E-state index contributed by atoms with van der Waals surface area (Å²) in [5.74, 6) is -0.836. The molecule has 0 atom stereocenters. The summed E-state index contributed by atoms with van der Waals surface area (Å²) < 4.78 is 13.1. The fourth-order valence-corrected chi connectivity index (χ4v) is 2.06. The molecule has 1 amide bonds. The van der Waals surface area contributed by atoms with Gasteiger partial charge in [-0.25, -0.2) is 4.39 Å². The van der Waals surface area contributed by atoms with Gasteiger partial charge in [0.25, 0.3) is 5.91 Å².